The fraction of sp³-hybridized carbons (Fsp3) is 0.160. The molecule has 0 radical (unpaired) electrons. The van der Waals surface area contributed by atoms with E-state index in [1.165, 1.54) is 0 Å². The standard InChI is InChI=1S/C25H22ClN3O4/c1-2-25(17-10-4-3-5-11-17)23(31)29(24(32)28-25)16-22(30)27-19-13-7-9-15-21(19)33-20-14-8-6-12-18(20)26/h3-15H,2,16H2,1H3,(H,27,30)(H,28,32). The first kappa shape index (κ1) is 22.4. The van der Waals surface area contributed by atoms with Crippen LogP contribution in [0.1, 0.15) is 18.9 Å². The second-order valence-corrected chi connectivity index (χ2v) is 7.93. The van der Waals surface area contributed by atoms with Crippen molar-refractivity contribution in [1.82, 2.24) is 10.2 Å². The summed E-state index contributed by atoms with van der Waals surface area (Å²) in [4.78, 5) is 39.6. The minimum Gasteiger partial charge on any atom is -0.454 e. The fourth-order valence-electron chi connectivity index (χ4n) is 3.77. The summed E-state index contributed by atoms with van der Waals surface area (Å²) in [7, 11) is 0. The summed E-state index contributed by atoms with van der Waals surface area (Å²) in [5.41, 5.74) is -0.129. The van der Waals surface area contributed by atoms with Gasteiger partial charge in [0.2, 0.25) is 5.91 Å². The van der Waals surface area contributed by atoms with Crippen LogP contribution in [0, 0.1) is 0 Å². The molecule has 1 heterocycles. The lowest BCUT2D eigenvalue weighted by atomic mass is 9.87. The second-order valence-electron chi connectivity index (χ2n) is 7.52. The highest BCUT2D eigenvalue weighted by Crippen LogP contribution is 2.34. The van der Waals surface area contributed by atoms with Gasteiger partial charge in [-0.15, -0.1) is 0 Å². The fourth-order valence-corrected chi connectivity index (χ4v) is 3.94. The molecule has 1 fully saturated rings. The van der Waals surface area contributed by atoms with E-state index in [0.29, 0.717) is 34.2 Å². The zero-order chi connectivity index (χ0) is 23.4. The average molecular weight is 464 g/mol. The number of rotatable bonds is 7. The van der Waals surface area contributed by atoms with Crippen LogP contribution in [0.4, 0.5) is 10.5 Å². The first-order valence-corrected chi connectivity index (χ1v) is 10.8. The molecule has 33 heavy (non-hydrogen) atoms. The Morgan fingerprint density at radius 3 is 2.30 bits per heavy atom. The molecule has 4 rings (SSSR count). The van der Waals surface area contributed by atoms with Gasteiger partial charge in [-0.3, -0.25) is 14.5 Å². The van der Waals surface area contributed by atoms with E-state index < -0.39 is 29.9 Å². The Balaban J connectivity index is 1.50. The van der Waals surface area contributed by atoms with E-state index in [1.54, 1.807) is 72.8 Å². The van der Waals surface area contributed by atoms with Gasteiger partial charge in [0.1, 0.15) is 17.8 Å². The predicted molar refractivity (Wildman–Crippen MR) is 125 cm³/mol. The maximum absolute atomic E-state index is 13.2. The number of carbonyl (C=O) groups excluding carboxylic acids is 3. The van der Waals surface area contributed by atoms with Crippen molar-refractivity contribution in [2.45, 2.75) is 18.9 Å². The summed E-state index contributed by atoms with van der Waals surface area (Å²) in [5.74, 6) is -0.181. The molecule has 0 saturated carbocycles. The van der Waals surface area contributed by atoms with Gasteiger partial charge in [0.05, 0.1) is 10.7 Å². The average Bonchev–Trinajstić information content (AvgIpc) is 3.07. The van der Waals surface area contributed by atoms with E-state index in [-0.39, 0.29) is 0 Å². The van der Waals surface area contributed by atoms with Gasteiger partial charge in [0, 0.05) is 0 Å². The molecule has 0 aliphatic carbocycles. The maximum atomic E-state index is 13.2. The van der Waals surface area contributed by atoms with Gasteiger partial charge < -0.3 is 15.4 Å². The molecule has 1 saturated heterocycles. The minimum absolute atomic E-state index is 0.355. The number of anilines is 1. The molecule has 8 heteroatoms. The van der Waals surface area contributed by atoms with Crippen LogP contribution in [0.25, 0.3) is 0 Å². The van der Waals surface area contributed by atoms with Crippen molar-refractivity contribution in [1.29, 1.82) is 0 Å². The third-order valence-corrected chi connectivity index (χ3v) is 5.80. The summed E-state index contributed by atoms with van der Waals surface area (Å²) >= 11 is 6.17. The quantitative estimate of drug-likeness (QED) is 0.486. The third kappa shape index (κ3) is 4.40. The number of hydrogen-bond acceptors (Lipinski definition) is 4. The minimum atomic E-state index is -1.19. The summed E-state index contributed by atoms with van der Waals surface area (Å²) < 4.78 is 5.86. The summed E-state index contributed by atoms with van der Waals surface area (Å²) in [6.07, 6.45) is 0.355. The summed E-state index contributed by atoms with van der Waals surface area (Å²) in [5, 5.41) is 5.92. The highest BCUT2D eigenvalue weighted by molar-refractivity contribution is 6.32. The van der Waals surface area contributed by atoms with E-state index >= 15 is 0 Å². The molecule has 4 amide bonds. The molecule has 1 unspecified atom stereocenters. The van der Waals surface area contributed by atoms with Crippen LogP contribution in [0.3, 0.4) is 0 Å². The van der Waals surface area contributed by atoms with E-state index in [0.717, 1.165) is 4.90 Å². The largest absolute Gasteiger partial charge is 0.454 e. The van der Waals surface area contributed by atoms with Crippen molar-refractivity contribution in [2.24, 2.45) is 0 Å². The molecule has 0 aromatic heterocycles. The van der Waals surface area contributed by atoms with Gasteiger partial charge in [-0.2, -0.15) is 0 Å². The van der Waals surface area contributed by atoms with Crippen molar-refractivity contribution in [3.05, 3.63) is 89.4 Å². The number of imide groups is 1. The van der Waals surface area contributed by atoms with Crippen LogP contribution in [0.5, 0.6) is 11.5 Å². The van der Waals surface area contributed by atoms with E-state index in [1.807, 2.05) is 13.0 Å². The lowest BCUT2D eigenvalue weighted by Crippen LogP contribution is -2.44. The number of hydrogen-bond donors (Lipinski definition) is 2. The van der Waals surface area contributed by atoms with Crippen molar-refractivity contribution in [3.8, 4) is 11.5 Å². The zero-order valence-electron chi connectivity index (χ0n) is 17.9. The number of nitrogens with zero attached hydrogens (tertiary/aromatic N) is 1. The highest BCUT2D eigenvalue weighted by atomic mass is 35.5. The van der Waals surface area contributed by atoms with Crippen LogP contribution in [0.2, 0.25) is 5.02 Å². The Morgan fingerprint density at radius 2 is 1.61 bits per heavy atom. The maximum Gasteiger partial charge on any atom is 0.325 e. The topological polar surface area (TPSA) is 87.7 Å². The Labute approximate surface area is 196 Å². The number of benzene rings is 3. The first-order chi connectivity index (χ1) is 15.9. The van der Waals surface area contributed by atoms with Gasteiger partial charge in [-0.1, -0.05) is 73.1 Å². The number of para-hydroxylation sites is 3. The monoisotopic (exact) mass is 463 g/mol. The van der Waals surface area contributed by atoms with E-state index in [4.69, 9.17) is 16.3 Å². The number of amides is 4. The van der Waals surface area contributed by atoms with Crippen LogP contribution in [-0.4, -0.2) is 29.3 Å². The van der Waals surface area contributed by atoms with Crippen molar-refractivity contribution in [3.63, 3.8) is 0 Å². The molecule has 7 nitrogen and oxygen atoms in total. The highest BCUT2D eigenvalue weighted by Gasteiger charge is 2.51. The van der Waals surface area contributed by atoms with Gasteiger partial charge >= 0.3 is 6.03 Å². The molecule has 3 aromatic rings. The Kier molecular flexibility index (Phi) is 6.33. The number of ether oxygens (including phenoxy) is 1. The molecule has 1 aliphatic heterocycles. The number of urea groups is 1. The van der Waals surface area contributed by atoms with Crippen molar-refractivity contribution in [2.75, 3.05) is 11.9 Å². The van der Waals surface area contributed by atoms with Crippen LogP contribution < -0.4 is 15.4 Å². The smallest absolute Gasteiger partial charge is 0.325 e. The van der Waals surface area contributed by atoms with Gasteiger partial charge in [-0.25, -0.2) is 4.79 Å². The third-order valence-electron chi connectivity index (χ3n) is 5.49. The molecule has 0 spiro atoms. The summed E-state index contributed by atoms with van der Waals surface area (Å²) in [6, 6.07) is 22.2. The van der Waals surface area contributed by atoms with Crippen LogP contribution in [0.15, 0.2) is 78.9 Å². The molecule has 2 N–H and O–H groups in total. The second kappa shape index (κ2) is 9.34. The van der Waals surface area contributed by atoms with Crippen LogP contribution in [-0.2, 0) is 15.1 Å². The Morgan fingerprint density at radius 1 is 0.970 bits per heavy atom. The molecule has 168 valence electrons. The lowest BCUT2D eigenvalue weighted by Gasteiger charge is -2.25. The Hall–Kier alpha value is -3.84. The molecular weight excluding hydrogens is 442 g/mol. The van der Waals surface area contributed by atoms with Crippen molar-refractivity contribution < 1.29 is 19.1 Å². The van der Waals surface area contributed by atoms with Crippen LogP contribution >= 0.6 is 11.6 Å². The van der Waals surface area contributed by atoms with Gasteiger partial charge in [0.15, 0.2) is 5.75 Å². The van der Waals surface area contributed by atoms with E-state index in [9.17, 15) is 14.4 Å². The SMILES string of the molecule is CCC1(c2ccccc2)NC(=O)N(CC(=O)Nc2ccccc2Oc2ccccc2Cl)C1=O. The molecular formula is C25H22ClN3O4. The molecule has 1 atom stereocenters. The number of halogens is 1. The lowest BCUT2D eigenvalue weighted by molar-refractivity contribution is -0.134. The Bertz CT molecular complexity index is 1200. The number of nitrogens with one attached hydrogen (secondary N) is 2. The van der Waals surface area contributed by atoms with Gasteiger partial charge in [-0.05, 0) is 36.2 Å². The number of carbonyl (C=O) groups is 3. The normalized spacial score (nSPS) is 17.6. The molecule has 3 aromatic carbocycles. The van der Waals surface area contributed by atoms with E-state index in [2.05, 4.69) is 10.6 Å². The summed E-state index contributed by atoms with van der Waals surface area (Å²) in [6.45, 7) is 1.39. The predicted octanol–water partition coefficient (Wildman–Crippen LogP) is 4.93. The van der Waals surface area contributed by atoms with Gasteiger partial charge in [0.25, 0.3) is 5.91 Å². The molecule has 0 bridgehead atoms. The van der Waals surface area contributed by atoms with Crippen molar-refractivity contribution >= 4 is 35.1 Å². The first-order valence-electron chi connectivity index (χ1n) is 10.5. The molecule has 1 aliphatic rings. The zero-order valence-corrected chi connectivity index (χ0v) is 18.6.